The van der Waals surface area contributed by atoms with Crippen molar-refractivity contribution in [3.8, 4) is 0 Å². The highest BCUT2D eigenvalue weighted by Gasteiger charge is 2.31. The number of carbonyl (C=O) groups excluding carboxylic acids is 1. The SMILES string of the molecule is Cn1cc(CCC(=O)N2CCCC2c2nc3ccccc3[nH]2)c2ccccc21. The van der Waals surface area contributed by atoms with Gasteiger partial charge in [-0.3, -0.25) is 4.79 Å². The van der Waals surface area contributed by atoms with Crippen LogP contribution < -0.4 is 0 Å². The first-order chi connectivity index (χ1) is 13.7. The van der Waals surface area contributed by atoms with Crippen LogP contribution in [-0.4, -0.2) is 31.9 Å². The molecule has 4 aromatic rings. The molecule has 5 rings (SSSR count). The largest absolute Gasteiger partial charge is 0.350 e. The molecule has 0 spiro atoms. The number of nitrogens with zero attached hydrogens (tertiary/aromatic N) is 3. The van der Waals surface area contributed by atoms with E-state index < -0.39 is 0 Å². The lowest BCUT2D eigenvalue weighted by Gasteiger charge is -2.23. The maximum atomic E-state index is 13.0. The van der Waals surface area contributed by atoms with E-state index in [-0.39, 0.29) is 11.9 Å². The first-order valence-corrected chi connectivity index (χ1v) is 9.98. The molecule has 0 radical (unpaired) electrons. The minimum atomic E-state index is 0.0624. The third-order valence-electron chi connectivity index (χ3n) is 5.88. The molecule has 1 fully saturated rings. The molecule has 1 atom stereocenters. The first kappa shape index (κ1) is 17.0. The van der Waals surface area contributed by atoms with E-state index in [1.807, 2.05) is 29.2 Å². The number of aromatic nitrogens is 3. The van der Waals surface area contributed by atoms with E-state index in [0.29, 0.717) is 6.42 Å². The number of aromatic amines is 1. The second-order valence-electron chi connectivity index (χ2n) is 7.67. The minimum Gasteiger partial charge on any atom is -0.350 e. The Balaban J connectivity index is 1.34. The summed E-state index contributed by atoms with van der Waals surface area (Å²) in [4.78, 5) is 23.2. The van der Waals surface area contributed by atoms with E-state index in [4.69, 9.17) is 4.98 Å². The molecule has 1 aliphatic rings. The normalized spacial score (nSPS) is 17.0. The molecular formula is C23H24N4O. The number of hydrogen-bond donors (Lipinski definition) is 1. The summed E-state index contributed by atoms with van der Waals surface area (Å²) in [7, 11) is 2.06. The standard InChI is InChI=1S/C23H24N4O/c1-26-15-16(17-7-2-5-10-20(17)26)12-13-22(28)27-14-6-11-21(27)23-24-18-8-3-4-9-19(18)25-23/h2-5,7-10,15,21H,6,11-14H2,1H3,(H,24,25). The quantitative estimate of drug-likeness (QED) is 0.579. The lowest BCUT2D eigenvalue weighted by Crippen LogP contribution is -2.31. The van der Waals surface area contributed by atoms with E-state index in [1.165, 1.54) is 16.5 Å². The third kappa shape index (κ3) is 2.87. The highest BCUT2D eigenvalue weighted by atomic mass is 16.2. The highest BCUT2D eigenvalue weighted by Crippen LogP contribution is 2.32. The van der Waals surface area contributed by atoms with Gasteiger partial charge in [-0.1, -0.05) is 30.3 Å². The topological polar surface area (TPSA) is 53.9 Å². The molecule has 28 heavy (non-hydrogen) atoms. The van der Waals surface area contributed by atoms with Gasteiger partial charge in [0.15, 0.2) is 0 Å². The Kier molecular flexibility index (Phi) is 4.15. The van der Waals surface area contributed by atoms with Crippen LogP contribution in [0.15, 0.2) is 54.7 Å². The Labute approximate surface area is 164 Å². The van der Waals surface area contributed by atoms with E-state index >= 15 is 0 Å². The van der Waals surface area contributed by atoms with Crippen molar-refractivity contribution in [1.82, 2.24) is 19.4 Å². The number of hydrogen-bond acceptors (Lipinski definition) is 2. The van der Waals surface area contributed by atoms with Gasteiger partial charge in [0, 0.05) is 37.1 Å². The van der Waals surface area contributed by atoms with Crippen LogP contribution in [0.2, 0.25) is 0 Å². The second-order valence-corrected chi connectivity index (χ2v) is 7.67. The average Bonchev–Trinajstić information content (AvgIpc) is 3.43. The molecule has 0 saturated carbocycles. The number of para-hydroxylation sites is 3. The van der Waals surface area contributed by atoms with Gasteiger partial charge in [-0.15, -0.1) is 0 Å². The van der Waals surface area contributed by atoms with Gasteiger partial charge in [0.25, 0.3) is 0 Å². The van der Waals surface area contributed by atoms with Crippen LogP contribution in [0, 0.1) is 0 Å². The van der Waals surface area contributed by atoms with Gasteiger partial charge in [0.05, 0.1) is 17.1 Å². The molecule has 1 unspecified atom stereocenters. The molecule has 3 heterocycles. The van der Waals surface area contributed by atoms with Crippen molar-refractivity contribution in [3.63, 3.8) is 0 Å². The van der Waals surface area contributed by atoms with Crippen LogP contribution in [0.25, 0.3) is 21.9 Å². The van der Waals surface area contributed by atoms with Gasteiger partial charge >= 0.3 is 0 Å². The smallest absolute Gasteiger partial charge is 0.223 e. The Morgan fingerprint density at radius 2 is 2.00 bits per heavy atom. The Morgan fingerprint density at radius 3 is 2.89 bits per heavy atom. The number of rotatable bonds is 4. The molecule has 5 heteroatoms. The van der Waals surface area contributed by atoms with Gasteiger partial charge in [0.1, 0.15) is 5.82 Å². The van der Waals surface area contributed by atoms with Crippen LogP contribution in [0.5, 0.6) is 0 Å². The van der Waals surface area contributed by atoms with Crippen molar-refractivity contribution in [3.05, 3.63) is 66.1 Å². The summed E-state index contributed by atoms with van der Waals surface area (Å²) in [5.74, 6) is 1.13. The first-order valence-electron chi connectivity index (χ1n) is 9.98. The maximum absolute atomic E-state index is 13.0. The van der Waals surface area contributed by atoms with Crippen molar-refractivity contribution >= 4 is 27.8 Å². The molecule has 5 nitrogen and oxygen atoms in total. The monoisotopic (exact) mass is 372 g/mol. The van der Waals surface area contributed by atoms with Gasteiger partial charge in [-0.05, 0) is 43.0 Å². The van der Waals surface area contributed by atoms with Crippen LogP contribution in [-0.2, 0) is 18.3 Å². The van der Waals surface area contributed by atoms with Crippen LogP contribution in [0.4, 0.5) is 0 Å². The molecule has 2 aromatic carbocycles. The van der Waals surface area contributed by atoms with Crippen molar-refractivity contribution in [2.75, 3.05) is 6.54 Å². The predicted octanol–water partition coefficient (Wildman–Crippen LogP) is 4.35. The van der Waals surface area contributed by atoms with Gasteiger partial charge in [-0.2, -0.15) is 0 Å². The number of likely N-dealkylation sites (tertiary alicyclic amines) is 1. The number of amides is 1. The number of H-pyrrole nitrogens is 1. The summed E-state index contributed by atoms with van der Waals surface area (Å²) in [6.45, 7) is 0.816. The van der Waals surface area contributed by atoms with E-state index in [1.54, 1.807) is 0 Å². The van der Waals surface area contributed by atoms with Crippen molar-refractivity contribution in [1.29, 1.82) is 0 Å². The summed E-state index contributed by atoms with van der Waals surface area (Å²) in [5, 5.41) is 1.24. The summed E-state index contributed by atoms with van der Waals surface area (Å²) in [5.41, 5.74) is 4.46. The number of carbonyl (C=O) groups is 1. The van der Waals surface area contributed by atoms with Crippen molar-refractivity contribution in [2.45, 2.75) is 31.7 Å². The fraction of sp³-hybridized carbons (Fsp3) is 0.304. The zero-order valence-corrected chi connectivity index (χ0v) is 16.1. The third-order valence-corrected chi connectivity index (χ3v) is 5.88. The fourth-order valence-corrected chi connectivity index (χ4v) is 4.49. The van der Waals surface area contributed by atoms with E-state index in [9.17, 15) is 4.79 Å². The molecule has 1 N–H and O–H groups in total. The van der Waals surface area contributed by atoms with Gasteiger partial charge in [-0.25, -0.2) is 4.98 Å². The molecule has 2 aromatic heterocycles. The van der Waals surface area contributed by atoms with Gasteiger partial charge in [0.2, 0.25) is 5.91 Å². The Bertz CT molecular complexity index is 1120. The number of imidazole rings is 1. The molecule has 1 amide bonds. The fourth-order valence-electron chi connectivity index (χ4n) is 4.49. The molecule has 142 valence electrons. The Hall–Kier alpha value is -3.08. The molecule has 0 bridgehead atoms. The average molecular weight is 372 g/mol. The molecule has 0 aliphatic carbocycles. The summed E-state index contributed by atoms with van der Waals surface area (Å²) < 4.78 is 2.14. The Morgan fingerprint density at radius 1 is 1.18 bits per heavy atom. The summed E-state index contributed by atoms with van der Waals surface area (Å²) in [6, 6.07) is 16.5. The maximum Gasteiger partial charge on any atom is 0.223 e. The van der Waals surface area contributed by atoms with Gasteiger partial charge < -0.3 is 14.5 Å². The second kappa shape index (κ2) is 6.82. The zero-order chi connectivity index (χ0) is 19.1. The van der Waals surface area contributed by atoms with Crippen LogP contribution in [0.1, 0.15) is 36.7 Å². The number of fused-ring (bicyclic) bond motifs is 2. The van der Waals surface area contributed by atoms with Crippen LogP contribution >= 0.6 is 0 Å². The molecular weight excluding hydrogens is 348 g/mol. The van der Waals surface area contributed by atoms with E-state index in [0.717, 1.165) is 42.7 Å². The number of benzene rings is 2. The number of nitrogens with one attached hydrogen (secondary N) is 1. The minimum absolute atomic E-state index is 0.0624. The lowest BCUT2D eigenvalue weighted by molar-refractivity contribution is -0.132. The van der Waals surface area contributed by atoms with Crippen molar-refractivity contribution in [2.24, 2.45) is 7.05 Å². The highest BCUT2D eigenvalue weighted by molar-refractivity contribution is 5.85. The number of aryl methyl sites for hydroxylation is 2. The summed E-state index contributed by atoms with van der Waals surface area (Å²) in [6.07, 6.45) is 5.45. The molecule has 1 saturated heterocycles. The predicted molar refractivity (Wildman–Crippen MR) is 111 cm³/mol. The molecule has 1 aliphatic heterocycles. The zero-order valence-electron chi connectivity index (χ0n) is 16.1. The van der Waals surface area contributed by atoms with Crippen molar-refractivity contribution < 1.29 is 4.79 Å². The summed E-state index contributed by atoms with van der Waals surface area (Å²) >= 11 is 0. The van der Waals surface area contributed by atoms with E-state index in [2.05, 4.69) is 47.1 Å². The van der Waals surface area contributed by atoms with Crippen LogP contribution in [0.3, 0.4) is 0 Å². The lowest BCUT2D eigenvalue weighted by atomic mass is 10.1.